The van der Waals surface area contributed by atoms with Crippen LogP contribution >= 0.6 is 0 Å². The molecule has 1 aliphatic heterocycles. The molecule has 1 aliphatic carbocycles. The minimum atomic E-state index is -3.16. The van der Waals surface area contributed by atoms with Crippen molar-refractivity contribution in [1.82, 2.24) is 4.31 Å². The van der Waals surface area contributed by atoms with Gasteiger partial charge in [-0.2, -0.15) is 4.31 Å². The molecule has 80 valence electrons. The average Bonchev–Trinajstić information content (AvgIpc) is 2.72. The number of rotatable bonds is 2. The van der Waals surface area contributed by atoms with Crippen LogP contribution in [0.1, 0.15) is 32.1 Å². The smallest absolute Gasteiger partial charge is 0.217 e. The third-order valence-corrected chi connectivity index (χ3v) is 5.42. The monoisotopic (exact) mass is 217 g/mol. The molecule has 1 heterocycles. The molecule has 2 fully saturated rings. The molecule has 0 atom stereocenters. The van der Waals surface area contributed by atoms with Crippen LogP contribution in [0.25, 0.3) is 0 Å². The number of nitrogens with zero attached hydrogens (tertiary/aromatic N) is 1. The SMILES string of the molecule is O=C1CCN(S(=O)(=O)C2CCCC2)C1. The van der Waals surface area contributed by atoms with Crippen LogP contribution in [0.5, 0.6) is 0 Å². The molecular formula is C9H15NO3S. The zero-order valence-electron chi connectivity index (χ0n) is 8.11. The molecule has 0 bridgehead atoms. The highest BCUT2D eigenvalue weighted by Crippen LogP contribution is 2.28. The maximum Gasteiger partial charge on any atom is 0.217 e. The van der Waals surface area contributed by atoms with Crippen molar-refractivity contribution in [2.45, 2.75) is 37.4 Å². The highest BCUT2D eigenvalue weighted by Gasteiger charge is 2.37. The van der Waals surface area contributed by atoms with E-state index in [9.17, 15) is 13.2 Å². The maximum atomic E-state index is 12.0. The molecule has 0 aromatic heterocycles. The van der Waals surface area contributed by atoms with Gasteiger partial charge in [0.05, 0.1) is 11.8 Å². The van der Waals surface area contributed by atoms with Crippen molar-refractivity contribution in [3.63, 3.8) is 0 Å². The Bertz CT molecular complexity index is 330. The molecule has 2 rings (SSSR count). The van der Waals surface area contributed by atoms with E-state index in [0.29, 0.717) is 13.0 Å². The molecule has 0 N–H and O–H groups in total. The Hall–Kier alpha value is -0.420. The third-order valence-electron chi connectivity index (χ3n) is 3.08. The Balaban J connectivity index is 2.11. The molecule has 1 saturated heterocycles. The molecule has 4 nitrogen and oxygen atoms in total. The Morgan fingerprint density at radius 1 is 1.21 bits per heavy atom. The van der Waals surface area contributed by atoms with Gasteiger partial charge in [0.1, 0.15) is 5.78 Å². The van der Waals surface area contributed by atoms with Gasteiger partial charge in [-0.1, -0.05) is 12.8 Å². The zero-order valence-corrected chi connectivity index (χ0v) is 8.92. The average molecular weight is 217 g/mol. The largest absolute Gasteiger partial charge is 0.298 e. The number of hydrogen-bond acceptors (Lipinski definition) is 3. The van der Waals surface area contributed by atoms with Crippen molar-refractivity contribution < 1.29 is 13.2 Å². The fourth-order valence-electron chi connectivity index (χ4n) is 2.22. The molecule has 0 amide bonds. The fourth-order valence-corrected chi connectivity index (χ4v) is 4.24. The van der Waals surface area contributed by atoms with E-state index >= 15 is 0 Å². The Morgan fingerprint density at radius 2 is 1.86 bits per heavy atom. The topological polar surface area (TPSA) is 54.5 Å². The summed E-state index contributed by atoms with van der Waals surface area (Å²) in [5.41, 5.74) is 0. The summed E-state index contributed by atoms with van der Waals surface area (Å²) in [7, 11) is -3.16. The molecule has 0 aromatic rings. The van der Waals surface area contributed by atoms with Gasteiger partial charge in [0.2, 0.25) is 10.0 Å². The van der Waals surface area contributed by atoms with Crippen LogP contribution in [-0.4, -0.2) is 36.8 Å². The van der Waals surface area contributed by atoms with Crippen LogP contribution in [0.15, 0.2) is 0 Å². The maximum absolute atomic E-state index is 12.0. The molecule has 0 radical (unpaired) electrons. The molecule has 0 aromatic carbocycles. The van der Waals surface area contributed by atoms with E-state index in [4.69, 9.17) is 0 Å². The number of carbonyl (C=O) groups excluding carboxylic acids is 1. The van der Waals surface area contributed by atoms with E-state index < -0.39 is 10.0 Å². The molecule has 1 saturated carbocycles. The highest BCUT2D eigenvalue weighted by molar-refractivity contribution is 7.89. The summed E-state index contributed by atoms with van der Waals surface area (Å²) in [6, 6.07) is 0. The second-order valence-corrected chi connectivity index (χ2v) is 6.29. The van der Waals surface area contributed by atoms with Crippen LogP contribution in [0, 0.1) is 0 Å². The van der Waals surface area contributed by atoms with Gasteiger partial charge in [-0.3, -0.25) is 4.79 Å². The summed E-state index contributed by atoms with van der Waals surface area (Å²) in [4.78, 5) is 11.0. The van der Waals surface area contributed by atoms with Gasteiger partial charge in [0, 0.05) is 13.0 Å². The lowest BCUT2D eigenvalue weighted by atomic mass is 10.4. The summed E-state index contributed by atoms with van der Waals surface area (Å²) >= 11 is 0. The van der Waals surface area contributed by atoms with Gasteiger partial charge in [-0.25, -0.2) is 8.42 Å². The van der Waals surface area contributed by atoms with Crippen LogP contribution < -0.4 is 0 Å². The van der Waals surface area contributed by atoms with E-state index in [-0.39, 0.29) is 17.6 Å². The fraction of sp³-hybridized carbons (Fsp3) is 0.889. The molecule has 2 aliphatic rings. The van der Waals surface area contributed by atoms with Gasteiger partial charge in [0.15, 0.2) is 0 Å². The lowest BCUT2D eigenvalue weighted by Crippen LogP contribution is -2.36. The number of ketones is 1. The molecular weight excluding hydrogens is 202 g/mol. The van der Waals surface area contributed by atoms with Crippen molar-refractivity contribution in [3.8, 4) is 0 Å². The summed E-state index contributed by atoms with van der Waals surface area (Å²) in [6.07, 6.45) is 3.95. The van der Waals surface area contributed by atoms with E-state index in [2.05, 4.69) is 0 Å². The molecule has 0 unspecified atom stereocenters. The van der Waals surface area contributed by atoms with Gasteiger partial charge in [0.25, 0.3) is 0 Å². The van der Waals surface area contributed by atoms with E-state index in [1.165, 1.54) is 4.31 Å². The highest BCUT2D eigenvalue weighted by atomic mass is 32.2. The predicted octanol–water partition coefficient (Wildman–Crippen LogP) is 0.534. The van der Waals surface area contributed by atoms with Crippen LogP contribution in [-0.2, 0) is 14.8 Å². The summed E-state index contributed by atoms with van der Waals surface area (Å²) in [5, 5.41) is -0.214. The molecule has 14 heavy (non-hydrogen) atoms. The number of Topliss-reactive ketones (excluding diaryl/α,β-unsaturated/α-hetero) is 1. The summed E-state index contributed by atoms with van der Waals surface area (Å²) in [6.45, 7) is 0.510. The van der Waals surface area contributed by atoms with Gasteiger partial charge in [-0.15, -0.1) is 0 Å². The lowest BCUT2D eigenvalue weighted by Gasteiger charge is -2.19. The normalized spacial score (nSPS) is 26.1. The summed E-state index contributed by atoms with van der Waals surface area (Å²) in [5.74, 6) is 0.0478. The van der Waals surface area contributed by atoms with Gasteiger partial charge in [-0.05, 0) is 12.8 Å². The first-order valence-electron chi connectivity index (χ1n) is 5.11. The third kappa shape index (κ3) is 1.70. The van der Waals surface area contributed by atoms with Gasteiger partial charge >= 0.3 is 0 Å². The van der Waals surface area contributed by atoms with Gasteiger partial charge < -0.3 is 0 Å². The van der Waals surface area contributed by atoms with Crippen molar-refractivity contribution in [2.75, 3.05) is 13.1 Å². The zero-order chi connectivity index (χ0) is 10.2. The van der Waals surface area contributed by atoms with Crippen molar-refractivity contribution in [3.05, 3.63) is 0 Å². The van der Waals surface area contributed by atoms with Crippen molar-refractivity contribution >= 4 is 15.8 Å². The number of carbonyl (C=O) groups is 1. The van der Waals surface area contributed by atoms with Crippen molar-refractivity contribution in [2.24, 2.45) is 0 Å². The minimum absolute atomic E-state index is 0.0478. The van der Waals surface area contributed by atoms with Crippen LogP contribution in [0.4, 0.5) is 0 Å². The molecule has 5 heteroatoms. The second kappa shape index (κ2) is 3.62. The second-order valence-electron chi connectivity index (χ2n) is 4.07. The summed E-state index contributed by atoms with van der Waals surface area (Å²) < 4.78 is 25.3. The lowest BCUT2D eigenvalue weighted by molar-refractivity contribution is -0.116. The number of sulfonamides is 1. The predicted molar refractivity (Wildman–Crippen MR) is 52.4 cm³/mol. The standard InChI is InChI=1S/C9H15NO3S/c11-8-5-6-10(7-8)14(12,13)9-3-1-2-4-9/h9H,1-7H2. The Labute approximate surface area is 84.3 Å². The quantitative estimate of drug-likeness (QED) is 0.678. The Morgan fingerprint density at radius 3 is 2.36 bits per heavy atom. The minimum Gasteiger partial charge on any atom is -0.298 e. The van der Waals surface area contributed by atoms with Crippen LogP contribution in [0.2, 0.25) is 0 Å². The Kier molecular flexibility index (Phi) is 2.62. The van der Waals surface area contributed by atoms with E-state index in [0.717, 1.165) is 25.7 Å². The van der Waals surface area contributed by atoms with Crippen molar-refractivity contribution in [1.29, 1.82) is 0 Å². The van der Waals surface area contributed by atoms with E-state index in [1.54, 1.807) is 0 Å². The molecule has 0 spiro atoms. The first-order valence-corrected chi connectivity index (χ1v) is 6.62. The first-order chi connectivity index (χ1) is 6.60. The first kappa shape index (κ1) is 10.1. The number of hydrogen-bond donors (Lipinski definition) is 0. The van der Waals surface area contributed by atoms with Crippen LogP contribution in [0.3, 0.4) is 0 Å². The van der Waals surface area contributed by atoms with E-state index in [1.807, 2.05) is 0 Å².